The van der Waals surface area contributed by atoms with Crippen LogP contribution < -0.4 is 0 Å². The molecule has 1 aromatic carbocycles. The van der Waals surface area contributed by atoms with Gasteiger partial charge in [0.25, 0.3) is 0 Å². The zero-order valence-electron chi connectivity index (χ0n) is 9.96. The van der Waals surface area contributed by atoms with Gasteiger partial charge in [-0.15, -0.1) is 0 Å². The number of aliphatic hydroxyl groups is 1. The number of rotatable bonds is 1. The van der Waals surface area contributed by atoms with Crippen molar-refractivity contribution in [3.8, 4) is 0 Å². The highest BCUT2D eigenvalue weighted by atomic mass is 32.2. The van der Waals surface area contributed by atoms with E-state index in [0.29, 0.717) is 11.3 Å². The zero-order chi connectivity index (χ0) is 12.7. The van der Waals surface area contributed by atoms with E-state index in [1.165, 1.54) is 12.1 Å². The summed E-state index contributed by atoms with van der Waals surface area (Å²) >= 11 is 1.62. The Kier molecular flexibility index (Phi) is 3.21. The van der Waals surface area contributed by atoms with E-state index in [-0.39, 0.29) is 5.41 Å². The van der Waals surface area contributed by atoms with E-state index in [9.17, 15) is 13.9 Å². The summed E-state index contributed by atoms with van der Waals surface area (Å²) in [6.07, 6.45) is 0.826. The monoisotopic (exact) mass is 258 g/mol. The van der Waals surface area contributed by atoms with Crippen molar-refractivity contribution in [3.63, 3.8) is 0 Å². The molecule has 0 spiro atoms. The van der Waals surface area contributed by atoms with Crippen LogP contribution in [0.15, 0.2) is 18.2 Å². The van der Waals surface area contributed by atoms with Gasteiger partial charge in [-0.25, -0.2) is 8.78 Å². The van der Waals surface area contributed by atoms with Crippen LogP contribution in [0.2, 0.25) is 0 Å². The molecule has 0 saturated carbocycles. The SMILES string of the molecule is CC1(C)CCSCC1(O)c1cc(F)cc(F)c1. The van der Waals surface area contributed by atoms with Crippen LogP contribution in [-0.2, 0) is 5.60 Å². The summed E-state index contributed by atoms with van der Waals surface area (Å²) in [5, 5.41) is 10.8. The van der Waals surface area contributed by atoms with E-state index in [4.69, 9.17) is 0 Å². The Balaban J connectivity index is 2.49. The van der Waals surface area contributed by atoms with Gasteiger partial charge in [0.1, 0.15) is 17.2 Å². The largest absolute Gasteiger partial charge is 0.384 e. The quantitative estimate of drug-likeness (QED) is 0.834. The molecular formula is C13H16F2OS. The van der Waals surface area contributed by atoms with Gasteiger partial charge in [0.05, 0.1) is 0 Å². The predicted molar refractivity (Wildman–Crippen MR) is 66.0 cm³/mol. The Labute approximate surface area is 104 Å². The topological polar surface area (TPSA) is 20.2 Å². The van der Waals surface area contributed by atoms with Crippen molar-refractivity contribution in [2.75, 3.05) is 11.5 Å². The Morgan fingerprint density at radius 2 is 1.76 bits per heavy atom. The van der Waals surface area contributed by atoms with Crippen LogP contribution in [0.25, 0.3) is 0 Å². The van der Waals surface area contributed by atoms with Crippen molar-refractivity contribution in [2.45, 2.75) is 25.9 Å². The summed E-state index contributed by atoms with van der Waals surface area (Å²) in [4.78, 5) is 0. The van der Waals surface area contributed by atoms with Gasteiger partial charge in [0.15, 0.2) is 0 Å². The second kappa shape index (κ2) is 4.25. The fourth-order valence-electron chi connectivity index (χ4n) is 2.22. The molecule has 1 atom stereocenters. The molecule has 0 aliphatic carbocycles. The van der Waals surface area contributed by atoms with Crippen LogP contribution in [0.4, 0.5) is 8.78 Å². The summed E-state index contributed by atoms with van der Waals surface area (Å²) in [5.41, 5.74) is -1.20. The molecule has 1 saturated heterocycles. The first-order chi connectivity index (χ1) is 7.85. The Hall–Kier alpha value is -0.610. The molecule has 1 aliphatic heterocycles. The normalized spacial score (nSPS) is 28.1. The summed E-state index contributed by atoms with van der Waals surface area (Å²) in [5.74, 6) is 0.162. The Morgan fingerprint density at radius 3 is 2.29 bits per heavy atom. The van der Waals surface area contributed by atoms with Crippen LogP contribution in [0, 0.1) is 17.0 Å². The molecule has 1 fully saturated rings. The van der Waals surface area contributed by atoms with E-state index >= 15 is 0 Å². The van der Waals surface area contributed by atoms with E-state index < -0.39 is 17.2 Å². The van der Waals surface area contributed by atoms with Gasteiger partial charge < -0.3 is 5.11 Å². The highest BCUT2D eigenvalue weighted by Crippen LogP contribution is 2.48. The average Bonchev–Trinajstić information content (AvgIpc) is 2.21. The smallest absolute Gasteiger partial charge is 0.126 e. The lowest BCUT2D eigenvalue weighted by Gasteiger charge is -2.46. The molecule has 17 heavy (non-hydrogen) atoms. The standard InChI is InChI=1S/C13H16F2OS/c1-12(2)3-4-17-8-13(12,16)9-5-10(14)7-11(15)6-9/h5-7,16H,3-4,8H2,1-2H3. The molecule has 4 heteroatoms. The lowest BCUT2D eigenvalue weighted by molar-refractivity contribution is -0.0582. The first-order valence-corrected chi connectivity index (χ1v) is 6.77. The third-order valence-electron chi connectivity index (χ3n) is 3.64. The minimum Gasteiger partial charge on any atom is -0.384 e. The Morgan fingerprint density at radius 1 is 1.18 bits per heavy atom. The van der Waals surface area contributed by atoms with Gasteiger partial charge in [-0.1, -0.05) is 13.8 Å². The first-order valence-electron chi connectivity index (χ1n) is 5.62. The molecule has 94 valence electrons. The predicted octanol–water partition coefficient (Wildman–Crippen LogP) is 3.32. The number of benzene rings is 1. The van der Waals surface area contributed by atoms with Gasteiger partial charge >= 0.3 is 0 Å². The zero-order valence-corrected chi connectivity index (χ0v) is 10.8. The highest BCUT2D eigenvalue weighted by Gasteiger charge is 2.47. The molecule has 2 rings (SSSR count). The summed E-state index contributed by atoms with van der Waals surface area (Å²) in [7, 11) is 0. The number of hydrogen-bond acceptors (Lipinski definition) is 2. The van der Waals surface area contributed by atoms with Crippen LogP contribution in [0.3, 0.4) is 0 Å². The molecule has 1 heterocycles. The highest BCUT2D eigenvalue weighted by molar-refractivity contribution is 7.99. The molecular weight excluding hydrogens is 242 g/mol. The molecule has 1 aliphatic rings. The fourth-order valence-corrected chi connectivity index (χ4v) is 3.87. The van der Waals surface area contributed by atoms with Crippen LogP contribution in [-0.4, -0.2) is 16.6 Å². The maximum Gasteiger partial charge on any atom is 0.126 e. The molecule has 1 unspecified atom stereocenters. The minimum atomic E-state index is -1.17. The molecule has 0 amide bonds. The van der Waals surface area contributed by atoms with E-state index in [2.05, 4.69) is 0 Å². The lowest BCUT2D eigenvalue weighted by atomic mass is 9.70. The molecule has 1 N–H and O–H groups in total. The second-order valence-corrected chi connectivity index (χ2v) is 6.31. The van der Waals surface area contributed by atoms with Gasteiger partial charge in [0, 0.05) is 11.8 Å². The van der Waals surface area contributed by atoms with Crippen molar-refractivity contribution in [1.29, 1.82) is 0 Å². The third-order valence-corrected chi connectivity index (χ3v) is 4.76. The van der Waals surface area contributed by atoms with Crippen molar-refractivity contribution >= 4 is 11.8 Å². The van der Waals surface area contributed by atoms with Crippen LogP contribution in [0.1, 0.15) is 25.8 Å². The number of hydrogen-bond donors (Lipinski definition) is 1. The van der Waals surface area contributed by atoms with Crippen molar-refractivity contribution in [1.82, 2.24) is 0 Å². The number of halogens is 2. The van der Waals surface area contributed by atoms with Gasteiger partial charge in [-0.2, -0.15) is 11.8 Å². The maximum atomic E-state index is 13.2. The maximum absolute atomic E-state index is 13.2. The first kappa shape index (κ1) is 12.8. The van der Waals surface area contributed by atoms with E-state index in [0.717, 1.165) is 18.2 Å². The molecule has 0 bridgehead atoms. The van der Waals surface area contributed by atoms with Crippen LogP contribution >= 0.6 is 11.8 Å². The number of thioether (sulfide) groups is 1. The van der Waals surface area contributed by atoms with Gasteiger partial charge in [-0.3, -0.25) is 0 Å². The molecule has 1 aromatic rings. The average molecular weight is 258 g/mol. The van der Waals surface area contributed by atoms with Crippen molar-refractivity contribution in [3.05, 3.63) is 35.4 Å². The van der Waals surface area contributed by atoms with Crippen molar-refractivity contribution < 1.29 is 13.9 Å². The fraction of sp³-hybridized carbons (Fsp3) is 0.538. The molecule has 1 nitrogen and oxygen atoms in total. The summed E-state index contributed by atoms with van der Waals surface area (Å²) < 4.78 is 26.5. The Bertz CT molecular complexity index is 413. The van der Waals surface area contributed by atoms with Gasteiger partial charge in [-0.05, 0) is 35.3 Å². The lowest BCUT2D eigenvalue weighted by Crippen LogP contribution is -2.47. The van der Waals surface area contributed by atoms with E-state index in [1.807, 2.05) is 13.8 Å². The van der Waals surface area contributed by atoms with Gasteiger partial charge in [0.2, 0.25) is 0 Å². The minimum absolute atomic E-state index is 0.340. The summed E-state index contributed by atoms with van der Waals surface area (Å²) in [6, 6.07) is 3.29. The third kappa shape index (κ3) is 2.20. The molecule has 0 aromatic heterocycles. The van der Waals surface area contributed by atoms with E-state index in [1.54, 1.807) is 11.8 Å². The summed E-state index contributed by atoms with van der Waals surface area (Å²) in [6.45, 7) is 3.88. The molecule has 0 radical (unpaired) electrons. The van der Waals surface area contributed by atoms with Crippen molar-refractivity contribution in [2.24, 2.45) is 5.41 Å². The second-order valence-electron chi connectivity index (χ2n) is 5.20. The van der Waals surface area contributed by atoms with Crippen LogP contribution in [0.5, 0.6) is 0 Å².